The number of benzene rings is 1. The Hall–Kier alpha value is -2.21. The highest BCUT2D eigenvalue weighted by Crippen LogP contribution is 2.24. The minimum Gasteiger partial charge on any atom is -0.310 e. The van der Waals surface area contributed by atoms with Gasteiger partial charge in [-0.05, 0) is 18.6 Å². The highest BCUT2D eigenvalue weighted by molar-refractivity contribution is 5.94. The van der Waals surface area contributed by atoms with Crippen LogP contribution in [-0.2, 0) is 17.9 Å². The highest BCUT2D eigenvalue weighted by Gasteiger charge is 2.23. The molecule has 2 heterocycles. The van der Waals surface area contributed by atoms with Crippen LogP contribution in [-0.4, -0.2) is 33.5 Å². The number of carbonyl (C=O) groups is 1. The zero-order valence-corrected chi connectivity index (χ0v) is 12.1. The molecule has 0 aliphatic carbocycles. The molecule has 1 N–H and O–H groups in total. The van der Waals surface area contributed by atoms with E-state index in [1.165, 1.54) is 0 Å². The molecule has 0 spiro atoms. The van der Waals surface area contributed by atoms with Crippen LogP contribution in [0.15, 0.2) is 36.7 Å². The van der Waals surface area contributed by atoms with Crippen molar-refractivity contribution in [2.24, 2.45) is 0 Å². The standard InChI is InChI=1S/C15H19N5O/c1-12-11-20(14-5-3-2-4-13(14)10-16-12)15(21)6-8-19-9-7-17-18-19/h2-5,7,9,12,16H,6,8,10-11H2,1H3. The lowest BCUT2D eigenvalue weighted by Gasteiger charge is -2.24. The molecule has 1 aliphatic rings. The fraction of sp³-hybridized carbons (Fsp3) is 0.400. The summed E-state index contributed by atoms with van der Waals surface area (Å²) in [5, 5.41) is 11.1. The van der Waals surface area contributed by atoms with Crippen molar-refractivity contribution in [2.45, 2.75) is 32.5 Å². The van der Waals surface area contributed by atoms with Crippen LogP contribution >= 0.6 is 0 Å². The van der Waals surface area contributed by atoms with Crippen molar-refractivity contribution in [2.75, 3.05) is 11.4 Å². The van der Waals surface area contributed by atoms with Crippen LogP contribution in [0, 0.1) is 0 Å². The molecule has 1 atom stereocenters. The van der Waals surface area contributed by atoms with Gasteiger partial charge in [-0.1, -0.05) is 23.4 Å². The van der Waals surface area contributed by atoms with Crippen LogP contribution in [0.25, 0.3) is 0 Å². The van der Waals surface area contributed by atoms with Crippen LogP contribution in [0.3, 0.4) is 0 Å². The van der Waals surface area contributed by atoms with E-state index < -0.39 is 0 Å². The van der Waals surface area contributed by atoms with E-state index in [9.17, 15) is 4.79 Å². The molecule has 6 nitrogen and oxygen atoms in total. The van der Waals surface area contributed by atoms with Gasteiger partial charge in [-0.25, -0.2) is 0 Å². The Labute approximate surface area is 123 Å². The van der Waals surface area contributed by atoms with Gasteiger partial charge in [0.15, 0.2) is 0 Å². The third kappa shape index (κ3) is 3.11. The number of para-hydroxylation sites is 1. The molecule has 0 radical (unpaired) electrons. The van der Waals surface area contributed by atoms with Crippen LogP contribution < -0.4 is 10.2 Å². The number of fused-ring (bicyclic) bond motifs is 1. The maximum absolute atomic E-state index is 12.6. The molecule has 0 saturated heterocycles. The second-order valence-electron chi connectivity index (χ2n) is 5.33. The summed E-state index contributed by atoms with van der Waals surface area (Å²) in [5.41, 5.74) is 2.17. The zero-order valence-electron chi connectivity index (χ0n) is 12.1. The number of nitrogens with zero attached hydrogens (tertiary/aromatic N) is 4. The van der Waals surface area contributed by atoms with Crippen molar-refractivity contribution in [3.05, 3.63) is 42.2 Å². The molecule has 0 saturated carbocycles. The van der Waals surface area contributed by atoms with E-state index >= 15 is 0 Å². The number of carbonyl (C=O) groups excluding carboxylic acids is 1. The van der Waals surface area contributed by atoms with Gasteiger partial charge in [0, 0.05) is 37.4 Å². The van der Waals surface area contributed by atoms with Crippen LogP contribution in [0.2, 0.25) is 0 Å². The summed E-state index contributed by atoms with van der Waals surface area (Å²) in [6.45, 7) is 4.14. The maximum Gasteiger partial charge on any atom is 0.228 e. The van der Waals surface area contributed by atoms with Gasteiger partial charge >= 0.3 is 0 Å². The quantitative estimate of drug-likeness (QED) is 0.920. The fourth-order valence-corrected chi connectivity index (χ4v) is 2.58. The van der Waals surface area contributed by atoms with Crippen LogP contribution in [0.5, 0.6) is 0 Å². The maximum atomic E-state index is 12.6. The smallest absolute Gasteiger partial charge is 0.228 e. The number of rotatable bonds is 3. The van der Waals surface area contributed by atoms with Crippen molar-refractivity contribution in [3.63, 3.8) is 0 Å². The monoisotopic (exact) mass is 285 g/mol. The third-order valence-electron chi connectivity index (χ3n) is 3.71. The molecule has 1 aromatic carbocycles. The second-order valence-corrected chi connectivity index (χ2v) is 5.33. The van der Waals surface area contributed by atoms with Crippen molar-refractivity contribution in [1.82, 2.24) is 20.3 Å². The van der Waals surface area contributed by atoms with Crippen molar-refractivity contribution in [1.29, 1.82) is 0 Å². The Morgan fingerprint density at radius 2 is 2.29 bits per heavy atom. The number of nitrogens with one attached hydrogen (secondary N) is 1. The molecule has 110 valence electrons. The summed E-state index contributed by atoms with van der Waals surface area (Å²) in [7, 11) is 0. The van der Waals surface area contributed by atoms with Crippen molar-refractivity contribution >= 4 is 11.6 Å². The zero-order chi connectivity index (χ0) is 14.7. The van der Waals surface area contributed by atoms with E-state index in [4.69, 9.17) is 0 Å². The molecule has 1 aliphatic heterocycles. The fourth-order valence-electron chi connectivity index (χ4n) is 2.58. The number of amides is 1. The molecular formula is C15H19N5O. The van der Waals surface area contributed by atoms with Gasteiger partial charge in [-0.3, -0.25) is 9.48 Å². The summed E-state index contributed by atoms with van der Waals surface area (Å²) in [5.74, 6) is 0.119. The van der Waals surface area contributed by atoms with E-state index in [1.54, 1.807) is 17.1 Å². The lowest BCUT2D eigenvalue weighted by Crippen LogP contribution is -2.40. The Morgan fingerprint density at radius 3 is 3.10 bits per heavy atom. The lowest BCUT2D eigenvalue weighted by atomic mass is 10.1. The summed E-state index contributed by atoms with van der Waals surface area (Å²) >= 11 is 0. The summed E-state index contributed by atoms with van der Waals surface area (Å²) in [4.78, 5) is 14.5. The summed E-state index contributed by atoms with van der Waals surface area (Å²) < 4.78 is 1.68. The molecule has 3 rings (SSSR count). The van der Waals surface area contributed by atoms with E-state index in [1.807, 2.05) is 23.1 Å². The van der Waals surface area contributed by atoms with Crippen LogP contribution in [0.4, 0.5) is 5.69 Å². The summed E-state index contributed by atoms with van der Waals surface area (Å²) in [6, 6.07) is 8.34. The van der Waals surface area contributed by atoms with Gasteiger partial charge in [0.05, 0.1) is 12.7 Å². The number of hydrogen-bond acceptors (Lipinski definition) is 4. The summed E-state index contributed by atoms with van der Waals surface area (Å²) in [6.07, 6.45) is 3.82. The van der Waals surface area contributed by atoms with Gasteiger partial charge in [-0.2, -0.15) is 0 Å². The molecule has 0 bridgehead atoms. The predicted octanol–water partition coefficient (Wildman–Crippen LogP) is 1.19. The first kappa shape index (κ1) is 13.8. The van der Waals surface area contributed by atoms with Gasteiger partial charge in [-0.15, -0.1) is 5.10 Å². The Balaban J connectivity index is 1.77. The molecular weight excluding hydrogens is 266 g/mol. The SMILES string of the molecule is CC1CN(C(=O)CCn2ccnn2)c2ccccc2CN1. The van der Waals surface area contributed by atoms with E-state index in [0.717, 1.165) is 17.8 Å². The molecule has 0 fully saturated rings. The second kappa shape index (κ2) is 6.05. The topological polar surface area (TPSA) is 63.1 Å². The molecule has 21 heavy (non-hydrogen) atoms. The molecule has 1 unspecified atom stereocenters. The van der Waals surface area contributed by atoms with E-state index in [0.29, 0.717) is 19.5 Å². The average molecular weight is 285 g/mol. The third-order valence-corrected chi connectivity index (χ3v) is 3.71. The predicted molar refractivity (Wildman–Crippen MR) is 79.7 cm³/mol. The highest BCUT2D eigenvalue weighted by atomic mass is 16.2. The Morgan fingerprint density at radius 1 is 1.43 bits per heavy atom. The van der Waals surface area contributed by atoms with Crippen molar-refractivity contribution in [3.8, 4) is 0 Å². The largest absolute Gasteiger partial charge is 0.310 e. The lowest BCUT2D eigenvalue weighted by molar-refractivity contribution is -0.118. The van der Waals surface area contributed by atoms with E-state index in [2.05, 4.69) is 28.6 Å². The Kier molecular flexibility index (Phi) is 3.96. The first-order chi connectivity index (χ1) is 10.2. The molecule has 1 aromatic heterocycles. The molecule has 2 aromatic rings. The molecule has 6 heteroatoms. The number of anilines is 1. The average Bonchev–Trinajstić information content (AvgIpc) is 2.96. The number of aryl methyl sites for hydroxylation is 1. The van der Waals surface area contributed by atoms with Crippen LogP contribution in [0.1, 0.15) is 18.9 Å². The van der Waals surface area contributed by atoms with Gasteiger partial charge in [0.25, 0.3) is 0 Å². The van der Waals surface area contributed by atoms with Gasteiger partial charge in [0.2, 0.25) is 5.91 Å². The Bertz CT molecular complexity index is 610. The number of aromatic nitrogens is 3. The van der Waals surface area contributed by atoms with Gasteiger partial charge in [0.1, 0.15) is 0 Å². The number of hydrogen-bond donors (Lipinski definition) is 1. The minimum absolute atomic E-state index is 0.119. The first-order valence-corrected chi connectivity index (χ1v) is 7.20. The van der Waals surface area contributed by atoms with E-state index in [-0.39, 0.29) is 11.9 Å². The first-order valence-electron chi connectivity index (χ1n) is 7.20. The van der Waals surface area contributed by atoms with Crippen molar-refractivity contribution < 1.29 is 4.79 Å². The normalized spacial score (nSPS) is 18.1. The van der Waals surface area contributed by atoms with Gasteiger partial charge < -0.3 is 10.2 Å². The minimum atomic E-state index is 0.119. The molecule has 1 amide bonds.